The molecule has 1 aliphatic heterocycles. The molecule has 104 valence electrons. The van der Waals surface area contributed by atoms with Gasteiger partial charge < -0.3 is 10.2 Å². The lowest BCUT2D eigenvalue weighted by molar-refractivity contribution is -0.130. The van der Waals surface area contributed by atoms with Crippen molar-refractivity contribution in [2.75, 3.05) is 26.7 Å². The van der Waals surface area contributed by atoms with Crippen molar-refractivity contribution in [2.24, 2.45) is 5.92 Å². The molecule has 1 N–H and O–H groups in total. The zero-order chi connectivity index (χ0) is 13.7. The lowest BCUT2D eigenvalue weighted by atomic mass is 10.0. The Kier molecular flexibility index (Phi) is 4.91. The van der Waals surface area contributed by atoms with Gasteiger partial charge in [-0.1, -0.05) is 18.2 Å². The molecular formula is C15H21FN2O. The summed E-state index contributed by atoms with van der Waals surface area (Å²) < 4.78 is 13.5. The van der Waals surface area contributed by atoms with Gasteiger partial charge in [0.1, 0.15) is 5.82 Å². The van der Waals surface area contributed by atoms with Gasteiger partial charge >= 0.3 is 0 Å². The molecule has 3 nitrogen and oxygen atoms in total. The van der Waals surface area contributed by atoms with Crippen molar-refractivity contribution in [3.8, 4) is 0 Å². The average molecular weight is 264 g/mol. The third-order valence-corrected chi connectivity index (χ3v) is 3.73. The van der Waals surface area contributed by atoms with Crippen molar-refractivity contribution in [3.05, 3.63) is 35.6 Å². The number of carbonyl (C=O) groups is 1. The number of rotatable bonds is 5. The van der Waals surface area contributed by atoms with Crippen LogP contribution in [0.5, 0.6) is 0 Å². The summed E-state index contributed by atoms with van der Waals surface area (Å²) in [5.41, 5.74) is 0.671. The highest BCUT2D eigenvalue weighted by Gasteiger charge is 2.20. The van der Waals surface area contributed by atoms with Crippen LogP contribution in [0.3, 0.4) is 0 Å². The number of amides is 1. The quantitative estimate of drug-likeness (QED) is 0.880. The zero-order valence-corrected chi connectivity index (χ0v) is 11.4. The van der Waals surface area contributed by atoms with E-state index in [0.717, 1.165) is 19.5 Å². The Bertz CT molecular complexity index is 430. The summed E-state index contributed by atoms with van der Waals surface area (Å²) in [7, 11) is 1.80. The van der Waals surface area contributed by atoms with E-state index in [-0.39, 0.29) is 11.7 Å². The lowest BCUT2D eigenvalue weighted by Gasteiger charge is -2.19. The molecule has 19 heavy (non-hydrogen) atoms. The molecule has 0 saturated carbocycles. The highest BCUT2D eigenvalue weighted by molar-refractivity contribution is 5.76. The topological polar surface area (TPSA) is 32.3 Å². The number of carbonyl (C=O) groups excluding carboxylic acids is 1. The molecule has 1 atom stereocenters. The van der Waals surface area contributed by atoms with Crippen LogP contribution in [0.4, 0.5) is 4.39 Å². The normalized spacial score (nSPS) is 18.5. The first-order chi connectivity index (χ1) is 9.16. The maximum atomic E-state index is 13.5. The van der Waals surface area contributed by atoms with Crippen LogP contribution in [0.2, 0.25) is 0 Å². The molecule has 0 aliphatic carbocycles. The fourth-order valence-electron chi connectivity index (χ4n) is 2.41. The van der Waals surface area contributed by atoms with E-state index in [1.54, 1.807) is 24.1 Å². The minimum absolute atomic E-state index is 0.157. The van der Waals surface area contributed by atoms with Crippen molar-refractivity contribution in [3.63, 3.8) is 0 Å². The molecule has 1 saturated heterocycles. The summed E-state index contributed by atoms with van der Waals surface area (Å²) in [6.45, 7) is 2.52. The maximum Gasteiger partial charge on any atom is 0.222 e. The molecule has 1 heterocycles. The van der Waals surface area contributed by atoms with Crippen molar-refractivity contribution in [1.82, 2.24) is 10.2 Å². The van der Waals surface area contributed by atoms with Crippen LogP contribution in [0.25, 0.3) is 0 Å². The summed E-state index contributed by atoms with van der Waals surface area (Å²) in [4.78, 5) is 13.7. The first-order valence-electron chi connectivity index (χ1n) is 6.85. The van der Waals surface area contributed by atoms with Crippen molar-refractivity contribution >= 4 is 5.91 Å². The second kappa shape index (κ2) is 6.66. The third kappa shape index (κ3) is 4.03. The lowest BCUT2D eigenvalue weighted by Crippen LogP contribution is -2.30. The molecule has 1 aliphatic rings. The van der Waals surface area contributed by atoms with Gasteiger partial charge in [0.25, 0.3) is 0 Å². The van der Waals surface area contributed by atoms with Crippen LogP contribution < -0.4 is 5.32 Å². The maximum absolute atomic E-state index is 13.5. The first kappa shape index (κ1) is 14.0. The summed E-state index contributed by atoms with van der Waals surface area (Å²) >= 11 is 0. The van der Waals surface area contributed by atoms with Crippen LogP contribution in [0.1, 0.15) is 18.4 Å². The van der Waals surface area contributed by atoms with E-state index in [1.165, 1.54) is 6.07 Å². The standard InChI is InChI=1S/C15H21FN2O/c1-18(15(19)10-12-6-8-17-11-12)9-7-13-4-2-3-5-14(13)16/h2-5,12,17H,6-11H2,1H3. The molecule has 1 amide bonds. The number of benzene rings is 1. The number of hydrogen-bond donors (Lipinski definition) is 1. The molecule has 0 radical (unpaired) electrons. The third-order valence-electron chi connectivity index (χ3n) is 3.73. The van der Waals surface area contributed by atoms with Crippen LogP contribution in [-0.2, 0) is 11.2 Å². The van der Waals surface area contributed by atoms with Gasteiger partial charge in [0, 0.05) is 20.0 Å². The van der Waals surface area contributed by atoms with Gasteiger partial charge in [-0.2, -0.15) is 0 Å². The average Bonchev–Trinajstić information content (AvgIpc) is 2.90. The largest absolute Gasteiger partial charge is 0.345 e. The molecule has 0 bridgehead atoms. The molecule has 0 aromatic heterocycles. The van der Waals surface area contributed by atoms with Crippen molar-refractivity contribution in [1.29, 1.82) is 0 Å². The number of nitrogens with zero attached hydrogens (tertiary/aromatic N) is 1. The molecule has 1 aromatic carbocycles. The summed E-state index contributed by atoms with van der Waals surface area (Å²) in [6, 6.07) is 6.74. The number of likely N-dealkylation sites (N-methyl/N-ethyl adjacent to an activating group) is 1. The van der Waals surface area contributed by atoms with Gasteiger partial charge in [0.15, 0.2) is 0 Å². The molecule has 0 spiro atoms. The van der Waals surface area contributed by atoms with E-state index in [4.69, 9.17) is 0 Å². The molecular weight excluding hydrogens is 243 g/mol. The van der Waals surface area contributed by atoms with Crippen LogP contribution >= 0.6 is 0 Å². The minimum Gasteiger partial charge on any atom is -0.345 e. The number of nitrogens with one attached hydrogen (secondary N) is 1. The van der Waals surface area contributed by atoms with Crippen molar-refractivity contribution in [2.45, 2.75) is 19.3 Å². The Morgan fingerprint density at radius 2 is 2.26 bits per heavy atom. The molecule has 1 aromatic rings. The molecule has 4 heteroatoms. The predicted octanol–water partition coefficient (Wildman–Crippen LogP) is 1.83. The molecule has 2 rings (SSSR count). The van der Waals surface area contributed by atoms with Gasteiger partial charge in [0.2, 0.25) is 5.91 Å². The summed E-state index contributed by atoms with van der Waals surface area (Å²) in [6.07, 6.45) is 2.24. The van der Waals surface area contributed by atoms with E-state index < -0.39 is 0 Å². The Morgan fingerprint density at radius 1 is 1.47 bits per heavy atom. The van der Waals surface area contributed by atoms with Crippen LogP contribution in [0.15, 0.2) is 24.3 Å². The Labute approximate surface area is 113 Å². The minimum atomic E-state index is -0.191. The Hall–Kier alpha value is -1.42. The monoisotopic (exact) mass is 264 g/mol. The second-order valence-electron chi connectivity index (χ2n) is 5.22. The number of hydrogen-bond acceptors (Lipinski definition) is 2. The molecule has 1 fully saturated rings. The summed E-state index contributed by atoms with van der Waals surface area (Å²) in [5.74, 6) is 0.428. The molecule has 1 unspecified atom stereocenters. The highest BCUT2D eigenvalue weighted by atomic mass is 19.1. The number of halogens is 1. The Morgan fingerprint density at radius 3 is 2.95 bits per heavy atom. The van der Waals surface area contributed by atoms with Crippen molar-refractivity contribution < 1.29 is 9.18 Å². The van der Waals surface area contributed by atoms with Gasteiger partial charge in [-0.05, 0) is 43.5 Å². The van der Waals surface area contributed by atoms with Gasteiger partial charge in [-0.15, -0.1) is 0 Å². The summed E-state index contributed by atoms with van der Waals surface area (Å²) in [5, 5.41) is 3.26. The highest BCUT2D eigenvalue weighted by Crippen LogP contribution is 2.14. The van der Waals surface area contributed by atoms with E-state index in [2.05, 4.69) is 5.32 Å². The smallest absolute Gasteiger partial charge is 0.222 e. The van der Waals surface area contributed by atoms with E-state index in [0.29, 0.717) is 30.9 Å². The van der Waals surface area contributed by atoms with Gasteiger partial charge in [-0.25, -0.2) is 4.39 Å². The first-order valence-corrected chi connectivity index (χ1v) is 6.85. The SMILES string of the molecule is CN(CCc1ccccc1F)C(=O)CC1CCNC1. The van der Waals surface area contributed by atoms with E-state index in [9.17, 15) is 9.18 Å². The fraction of sp³-hybridized carbons (Fsp3) is 0.533. The van der Waals surface area contributed by atoms with Gasteiger partial charge in [0.05, 0.1) is 0 Å². The Balaban J connectivity index is 1.78. The van der Waals surface area contributed by atoms with E-state index >= 15 is 0 Å². The fourth-order valence-corrected chi connectivity index (χ4v) is 2.41. The van der Waals surface area contributed by atoms with Crippen LogP contribution in [0, 0.1) is 11.7 Å². The predicted molar refractivity (Wildman–Crippen MR) is 73.3 cm³/mol. The van der Waals surface area contributed by atoms with E-state index in [1.807, 2.05) is 6.07 Å². The second-order valence-corrected chi connectivity index (χ2v) is 5.22. The zero-order valence-electron chi connectivity index (χ0n) is 11.4. The van der Waals surface area contributed by atoms with Gasteiger partial charge in [-0.3, -0.25) is 4.79 Å². The van der Waals surface area contributed by atoms with Crippen LogP contribution in [-0.4, -0.2) is 37.5 Å².